The monoisotopic (exact) mass is 361 g/mol. The Labute approximate surface area is 156 Å². The Bertz CT molecular complexity index is 1070. The zero-order chi connectivity index (χ0) is 18.8. The summed E-state index contributed by atoms with van der Waals surface area (Å²) in [5.74, 6) is 0.658. The fraction of sp³-hybridized carbons (Fsp3) is 0.190. The van der Waals surface area contributed by atoms with E-state index in [1.165, 1.54) is 12.1 Å². The number of aromatic nitrogens is 4. The Balaban J connectivity index is 1.66. The van der Waals surface area contributed by atoms with E-state index in [4.69, 9.17) is 5.10 Å². The van der Waals surface area contributed by atoms with Gasteiger partial charge in [0.1, 0.15) is 11.6 Å². The molecule has 0 saturated carbocycles. The maximum atomic E-state index is 13.2. The lowest BCUT2D eigenvalue weighted by molar-refractivity contribution is 0.628. The lowest BCUT2D eigenvalue weighted by atomic mass is 10.1. The van der Waals surface area contributed by atoms with Crippen LogP contribution in [-0.2, 0) is 6.42 Å². The minimum atomic E-state index is -0.260. The maximum Gasteiger partial charge on any atom is 0.158 e. The number of pyridine rings is 1. The minimum absolute atomic E-state index is 0.260. The van der Waals surface area contributed by atoms with E-state index in [9.17, 15) is 4.39 Å². The fourth-order valence-electron chi connectivity index (χ4n) is 3.03. The standard InChI is InChI=1S/C21H20FN5/c1-14-15(2)25-20-13-19(16-6-8-17(22)9-7-16)26-27(20)21(14)24-12-10-18-5-3-4-11-23-18/h3-9,11,13,24H,10,12H2,1-2H3. The van der Waals surface area contributed by atoms with Crippen LogP contribution in [0.5, 0.6) is 0 Å². The van der Waals surface area contributed by atoms with Crippen molar-refractivity contribution in [2.75, 3.05) is 11.9 Å². The van der Waals surface area contributed by atoms with Gasteiger partial charge in [0.25, 0.3) is 0 Å². The van der Waals surface area contributed by atoms with Crippen LogP contribution in [0.2, 0.25) is 0 Å². The highest BCUT2D eigenvalue weighted by Gasteiger charge is 2.13. The molecule has 0 spiro atoms. The van der Waals surface area contributed by atoms with E-state index in [2.05, 4.69) is 15.3 Å². The molecule has 0 aliphatic heterocycles. The van der Waals surface area contributed by atoms with E-state index in [1.807, 2.05) is 42.6 Å². The summed E-state index contributed by atoms with van der Waals surface area (Å²) < 4.78 is 15.0. The molecule has 0 aliphatic rings. The van der Waals surface area contributed by atoms with Crippen molar-refractivity contribution in [3.05, 3.63) is 77.5 Å². The van der Waals surface area contributed by atoms with Gasteiger partial charge in [0, 0.05) is 47.7 Å². The predicted octanol–water partition coefficient (Wildman–Crippen LogP) is 4.20. The zero-order valence-corrected chi connectivity index (χ0v) is 15.3. The van der Waals surface area contributed by atoms with E-state index < -0.39 is 0 Å². The molecule has 136 valence electrons. The molecular formula is C21H20FN5. The number of halogens is 1. The second kappa shape index (κ2) is 7.15. The molecule has 5 nitrogen and oxygen atoms in total. The highest BCUT2D eigenvalue weighted by molar-refractivity contribution is 5.66. The molecule has 0 unspecified atom stereocenters. The first-order chi connectivity index (χ1) is 13.1. The van der Waals surface area contributed by atoms with Gasteiger partial charge in [0.2, 0.25) is 0 Å². The Morgan fingerprint density at radius 3 is 2.63 bits per heavy atom. The zero-order valence-electron chi connectivity index (χ0n) is 15.3. The largest absolute Gasteiger partial charge is 0.369 e. The van der Waals surface area contributed by atoms with Crippen LogP contribution in [0, 0.1) is 19.7 Å². The fourth-order valence-corrected chi connectivity index (χ4v) is 3.03. The summed E-state index contributed by atoms with van der Waals surface area (Å²) in [6, 6.07) is 14.2. The maximum absolute atomic E-state index is 13.2. The van der Waals surface area contributed by atoms with Gasteiger partial charge < -0.3 is 5.32 Å². The van der Waals surface area contributed by atoms with Crippen molar-refractivity contribution in [3.63, 3.8) is 0 Å². The van der Waals surface area contributed by atoms with E-state index in [1.54, 1.807) is 18.3 Å². The number of fused-ring (bicyclic) bond motifs is 1. The van der Waals surface area contributed by atoms with Crippen LogP contribution in [0.1, 0.15) is 17.0 Å². The predicted molar refractivity (Wildman–Crippen MR) is 104 cm³/mol. The van der Waals surface area contributed by atoms with Crippen molar-refractivity contribution in [1.29, 1.82) is 0 Å². The van der Waals surface area contributed by atoms with Crippen LogP contribution < -0.4 is 5.32 Å². The number of nitrogens with one attached hydrogen (secondary N) is 1. The molecule has 6 heteroatoms. The molecule has 1 aromatic carbocycles. The van der Waals surface area contributed by atoms with Crippen LogP contribution in [0.4, 0.5) is 10.2 Å². The third kappa shape index (κ3) is 3.51. The summed E-state index contributed by atoms with van der Waals surface area (Å²) in [6.45, 7) is 4.76. The summed E-state index contributed by atoms with van der Waals surface area (Å²) in [7, 11) is 0. The van der Waals surface area contributed by atoms with Gasteiger partial charge in [-0.25, -0.2) is 9.37 Å². The number of aryl methyl sites for hydroxylation is 1. The molecule has 4 aromatic rings. The summed E-state index contributed by atoms with van der Waals surface area (Å²) in [6.07, 6.45) is 2.62. The van der Waals surface area contributed by atoms with Gasteiger partial charge in [-0.3, -0.25) is 4.98 Å². The molecule has 0 atom stereocenters. The first-order valence-electron chi connectivity index (χ1n) is 8.88. The van der Waals surface area contributed by atoms with Crippen molar-refractivity contribution in [2.24, 2.45) is 0 Å². The van der Waals surface area contributed by atoms with Gasteiger partial charge in [-0.1, -0.05) is 6.07 Å². The smallest absolute Gasteiger partial charge is 0.158 e. The first kappa shape index (κ1) is 17.1. The highest BCUT2D eigenvalue weighted by atomic mass is 19.1. The number of hydrogen-bond acceptors (Lipinski definition) is 4. The van der Waals surface area contributed by atoms with Crippen molar-refractivity contribution in [2.45, 2.75) is 20.3 Å². The molecule has 27 heavy (non-hydrogen) atoms. The Kier molecular flexibility index (Phi) is 4.54. The van der Waals surface area contributed by atoms with Crippen molar-refractivity contribution in [1.82, 2.24) is 19.6 Å². The van der Waals surface area contributed by atoms with E-state index in [0.717, 1.165) is 52.6 Å². The number of benzene rings is 1. The van der Waals surface area contributed by atoms with E-state index >= 15 is 0 Å². The average molecular weight is 361 g/mol. The van der Waals surface area contributed by atoms with Crippen molar-refractivity contribution >= 4 is 11.5 Å². The van der Waals surface area contributed by atoms with Gasteiger partial charge in [-0.05, 0) is 50.2 Å². The van der Waals surface area contributed by atoms with Crippen LogP contribution in [0.3, 0.4) is 0 Å². The Morgan fingerprint density at radius 2 is 1.89 bits per heavy atom. The lowest BCUT2D eigenvalue weighted by Gasteiger charge is -2.13. The van der Waals surface area contributed by atoms with Crippen LogP contribution in [-0.4, -0.2) is 26.1 Å². The molecular weight excluding hydrogens is 341 g/mol. The van der Waals surface area contributed by atoms with Gasteiger partial charge >= 0.3 is 0 Å². The van der Waals surface area contributed by atoms with Crippen LogP contribution in [0.15, 0.2) is 54.7 Å². The quantitative estimate of drug-likeness (QED) is 0.579. The number of hydrogen-bond donors (Lipinski definition) is 1. The van der Waals surface area contributed by atoms with Crippen molar-refractivity contribution < 1.29 is 4.39 Å². The minimum Gasteiger partial charge on any atom is -0.369 e. The SMILES string of the molecule is Cc1nc2cc(-c3ccc(F)cc3)nn2c(NCCc2ccccn2)c1C. The van der Waals surface area contributed by atoms with Gasteiger partial charge in [-0.2, -0.15) is 9.61 Å². The normalized spacial score (nSPS) is 11.1. The molecule has 0 aliphatic carbocycles. The second-order valence-corrected chi connectivity index (χ2v) is 6.48. The molecule has 0 saturated heterocycles. The van der Waals surface area contributed by atoms with Crippen LogP contribution in [0.25, 0.3) is 16.9 Å². The molecule has 3 heterocycles. The van der Waals surface area contributed by atoms with Gasteiger partial charge in [0.05, 0.1) is 5.69 Å². The highest BCUT2D eigenvalue weighted by Crippen LogP contribution is 2.24. The van der Waals surface area contributed by atoms with E-state index in [0.29, 0.717) is 0 Å². The summed E-state index contributed by atoms with van der Waals surface area (Å²) >= 11 is 0. The number of nitrogens with zero attached hydrogens (tertiary/aromatic N) is 4. The van der Waals surface area contributed by atoms with Crippen molar-refractivity contribution in [3.8, 4) is 11.3 Å². The first-order valence-corrected chi connectivity index (χ1v) is 8.88. The van der Waals surface area contributed by atoms with Crippen LogP contribution >= 0.6 is 0 Å². The molecule has 1 N–H and O–H groups in total. The molecule has 0 amide bonds. The number of rotatable bonds is 5. The molecule has 0 radical (unpaired) electrons. The molecule has 0 fully saturated rings. The van der Waals surface area contributed by atoms with Gasteiger partial charge in [0.15, 0.2) is 5.65 Å². The lowest BCUT2D eigenvalue weighted by Crippen LogP contribution is -2.12. The average Bonchev–Trinajstić information content (AvgIpc) is 3.09. The van der Waals surface area contributed by atoms with Gasteiger partial charge in [-0.15, -0.1) is 0 Å². The Hall–Kier alpha value is -3.28. The van der Waals surface area contributed by atoms with E-state index in [-0.39, 0.29) is 5.82 Å². The third-order valence-corrected chi connectivity index (χ3v) is 4.62. The molecule has 4 rings (SSSR count). The summed E-state index contributed by atoms with van der Waals surface area (Å²) in [4.78, 5) is 9.00. The third-order valence-electron chi connectivity index (χ3n) is 4.62. The number of anilines is 1. The Morgan fingerprint density at radius 1 is 1.07 bits per heavy atom. The molecule has 3 aromatic heterocycles. The second-order valence-electron chi connectivity index (χ2n) is 6.48. The summed E-state index contributed by atoms with van der Waals surface area (Å²) in [5.41, 5.74) is 5.43. The topological polar surface area (TPSA) is 55.1 Å². The summed E-state index contributed by atoms with van der Waals surface area (Å²) in [5, 5.41) is 8.17. The molecule has 0 bridgehead atoms.